The molecule has 1 spiro atoms. The van der Waals surface area contributed by atoms with Crippen molar-refractivity contribution in [2.24, 2.45) is 0 Å². The number of aromatic nitrogens is 1. The van der Waals surface area contributed by atoms with Gasteiger partial charge in [0.1, 0.15) is 0 Å². The van der Waals surface area contributed by atoms with Crippen molar-refractivity contribution in [2.75, 3.05) is 29.9 Å². The number of rotatable bonds is 1. The van der Waals surface area contributed by atoms with E-state index in [1.807, 2.05) is 34.1 Å². The van der Waals surface area contributed by atoms with Gasteiger partial charge >= 0.3 is 0 Å². The second-order valence-electron chi connectivity index (χ2n) is 7.06. The molecule has 1 aromatic carbocycles. The molecule has 0 saturated carbocycles. The molecule has 0 aliphatic carbocycles. The van der Waals surface area contributed by atoms with Crippen LogP contribution in [0, 0.1) is 0 Å². The fourth-order valence-electron chi connectivity index (χ4n) is 3.90. The molecule has 3 heterocycles. The number of nitrogens with zero attached hydrogens (tertiary/aromatic N) is 3. The number of fused-ring (bicyclic) bond motifs is 1. The summed E-state index contributed by atoms with van der Waals surface area (Å²) < 4.78 is 0. The average Bonchev–Trinajstić information content (AvgIpc) is 2.68. The number of piperidine rings is 1. The number of likely N-dealkylation sites (tertiary alicyclic amines) is 1. The van der Waals surface area contributed by atoms with Gasteiger partial charge in [-0.15, -0.1) is 0 Å². The first-order valence-corrected chi connectivity index (χ1v) is 8.93. The van der Waals surface area contributed by atoms with E-state index in [0.29, 0.717) is 25.2 Å². The van der Waals surface area contributed by atoms with E-state index >= 15 is 0 Å². The van der Waals surface area contributed by atoms with Crippen molar-refractivity contribution in [1.29, 1.82) is 0 Å². The Bertz CT molecular complexity index is 829. The highest BCUT2D eigenvalue weighted by Gasteiger charge is 2.42. The summed E-state index contributed by atoms with van der Waals surface area (Å²) in [5.41, 5.74) is 2.35. The Balaban J connectivity index is 1.52. The minimum absolute atomic E-state index is 0.0209. The average molecular weight is 350 g/mol. The van der Waals surface area contributed by atoms with Gasteiger partial charge in [0.25, 0.3) is 5.91 Å². The van der Waals surface area contributed by atoms with Gasteiger partial charge in [-0.25, -0.2) is 0 Å². The number of nitrogens with one attached hydrogen (secondary N) is 1. The highest BCUT2D eigenvalue weighted by atomic mass is 16.2. The van der Waals surface area contributed by atoms with Gasteiger partial charge in [-0.1, -0.05) is 12.1 Å². The van der Waals surface area contributed by atoms with Crippen molar-refractivity contribution in [3.8, 4) is 0 Å². The van der Waals surface area contributed by atoms with Gasteiger partial charge in [0.2, 0.25) is 5.91 Å². The number of anilines is 2. The van der Waals surface area contributed by atoms with E-state index in [9.17, 15) is 9.59 Å². The molecular formula is C20H22N4O2. The largest absolute Gasteiger partial charge is 0.376 e. The zero-order chi connectivity index (χ0) is 18.1. The summed E-state index contributed by atoms with van der Waals surface area (Å²) >= 11 is 0. The molecule has 1 fully saturated rings. The Kier molecular flexibility index (Phi) is 4.11. The number of benzene rings is 1. The lowest BCUT2D eigenvalue weighted by molar-refractivity contribution is -0.116. The van der Waals surface area contributed by atoms with Crippen LogP contribution < -0.4 is 10.2 Å². The molecule has 2 aliphatic rings. The minimum Gasteiger partial charge on any atom is -0.376 e. The van der Waals surface area contributed by atoms with Crippen LogP contribution in [-0.4, -0.2) is 46.9 Å². The second kappa shape index (κ2) is 6.44. The predicted molar refractivity (Wildman–Crippen MR) is 100 cm³/mol. The third kappa shape index (κ3) is 2.92. The molecule has 0 unspecified atom stereocenters. The summed E-state index contributed by atoms with van der Waals surface area (Å²) in [5, 5.41) is 3.65. The monoisotopic (exact) mass is 350 g/mol. The SMILES string of the molecule is CC(=O)N1CC2(CCN(C(=O)c3cccnc3)CC2)Nc2ccccc21. The molecule has 2 amide bonds. The van der Waals surface area contributed by atoms with Crippen molar-refractivity contribution in [1.82, 2.24) is 9.88 Å². The van der Waals surface area contributed by atoms with Gasteiger partial charge in [0.15, 0.2) is 0 Å². The first kappa shape index (κ1) is 16.6. The number of pyridine rings is 1. The molecule has 1 aromatic heterocycles. The van der Waals surface area contributed by atoms with Crippen LogP contribution in [0.5, 0.6) is 0 Å². The van der Waals surface area contributed by atoms with E-state index in [-0.39, 0.29) is 17.4 Å². The van der Waals surface area contributed by atoms with Crippen molar-refractivity contribution < 1.29 is 9.59 Å². The van der Waals surface area contributed by atoms with E-state index in [1.54, 1.807) is 31.5 Å². The van der Waals surface area contributed by atoms with E-state index in [4.69, 9.17) is 0 Å². The van der Waals surface area contributed by atoms with Crippen molar-refractivity contribution in [3.05, 3.63) is 54.4 Å². The summed E-state index contributed by atoms with van der Waals surface area (Å²) in [6.07, 6.45) is 4.88. The molecule has 4 rings (SSSR count). The molecule has 2 aromatic rings. The summed E-state index contributed by atoms with van der Waals surface area (Å²) in [7, 11) is 0. The van der Waals surface area contributed by atoms with Crippen molar-refractivity contribution >= 4 is 23.2 Å². The van der Waals surface area contributed by atoms with Gasteiger partial charge in [-0.05, 0) is 37.1 Å². The summed E-state index contributed by atoms with van der Waals surface area (Å²) in [5.74, 6) is 0.0692. The van der Waals surface area contributed by atoms with Crippen LogP contribution in [0.1, 0.15) is 30.1 Å². The fraction of sp³-hybridized carbons (Fsp3) is 0.350. The Hall–Kier alpha value is -2.89. The van der Waals surface area contributed by atoms with Crippen LogP contribution >= 0.6 is 0 Å². The van der Waals surface area contributed by atoms with Gasteiger partial charge in [0.05, 0.1) is 22.5 Å². The number of carbonyl (C=O) groups excluding carboxylic acids is 2. The zero-order valence-corrected chi connectivity index (χ0v) is 14.8. The van der Waals surface area contributed by atoms with E-state index in [1.165, 1.54) is 0 Å². The number of carbonyl (C=O) groups is 2. The van der Waals surface area contributed by atoms with Gasteiger partial charge in [0, 0.05) is 39.0 Å². The fourth-order valence-corrected chi connectivity index (χ4v) is 3.90. The summed E-state index contributed by atoms with van der Waals surface area (Å²) in [6.45, 7) is 3.56. The van der Waals surface area contributed by atoms with E-state index < -0.39 is 0 Å². The van der Waals surface area contributed by atoms with Gasteiger partial charge in [-0.3, -0.25) is 14.6 Å². The standard InChI is InChI=1S/C20H22N4O2/c1-15(25)24-14-20(22-17-6-2-3-7-18(17)24)8-11-23(12-9-20)19(26)16-5-4-10-21-13-16/h2-7,10,13,22H,8-9,11-12,14H2,1H3. The lowest BCUT2D eigenvalue weighted by Crippen LogP contribution is -2.59. The molecule has 26 heavy (non-hydrogen) atoms. The van der Waals surface area contributed by atoms with Crippen LogP contribution in [0.3, 0.4) is 0 Å². The minimum atomic E-state index is -0.189. The Morgan fingerprint density at radius 3 is 2.58 bits per heavy atom. The number of amides is 2. The van der Waals surface area contributed by atoms with Crippen LogP contribution in [-0.2, 0) is 4.79 Å². The molecule has 1 saturated heterocycles. The topological polar surface area (TPSA) is 65.5 Å². The maximum Gasteiger partial charge on any atom is 0.255 e. The summed E-state index contributed by atoms with van der Waals surface area (Å²) in [6, 6.07) is 11.5. The third-order valence-corrected chi connectivity index (χ3v) is 5.35. The lowest BCUT2D eigenvalue weighted by atomic mass is 9.84. The van der Waals surface area contributed by atoms with Gasteiger partial charge < -0.3 is 15.1 Å². The Morgan fingerprint density at radius 2 is 1.88 bits per heavy atom. The lowest BCUT2D eigenvalue weighted by Gasteiger charge is -2.48. The number of hydrogen-bond donors (Lipinski definition) is 1. The quantitative estimate of drug-likeness (QED) is 0.858. The van der Waals surface area contributed by atoms with E-state index in [2.05, 4.69) is 10.3 Å². The van der Waals surface area contributed by atoms with Crippen LogP contribution in [0.15, 0.2) is 48.8 Å². The maximum absolute atomic E-state index is 12.6. The van der Waals surface area contributed by atoms with Crippen LogP contribution in [0.4, 0.5) is 11.4 Å². The van der Waals surface area contributed by atoms with Crippen LogP contribution in [0.2, 0.25) is 0 Å². The Morgan fingerprint density at radius 1 is 1.12 bits per heavy atom. The molecule has 6 nitrogen and oxygen atoms in total. The molecule has 134 valence electrons. The maximum atomic E-state index is 12.6. The molecule has 0 radical (unpaired) electrons. The molecule has 0 atom stereocenters. The summed E-state index contributed by atoms with van der Waals surface area (Å²) in [4.78, 5) is 32.6. The highest BCUT2D eigenvalue weighted by Crippen LogP contribution is 2.39. The normalized spacial score (nSPS) is 18.2. The zero-order valence-electron chi connectivity index (χ0n) is 14.8. The van der Waals surface area contributed by atoms with E-state index in [0.717, 1.165) is 24.2 Å². The second-order valence-corrected chi connectivity index (χ2v) is 7.06. The van der Waals surface area contributed by atoms with Crippen molar-refractivity contribution in [3.63, 3.8) is 0 Å². The predicted octanol–water partition coefficient (Wildman–Crippen LogP) is 2.54. The molecule has 2 aliphatic heterocycles. The molecule has 1 N–H and O–H groups in total. The van der Waals surface area contributed by atoms with Crippen LogP contribution in [0.25, 0.3) is 0 Å². The smallest absolute Gasteiger partial charge is 0.255 e. The molecule has 6 heteroatoms. The third-order valence-electron chi connectivity index (χ3n) is 5.35. The van der Waals surface area contributed by atoms with Gasteiger partial charge in [-0.2, -0.15) is 0 Å². The van der Waals surface area contributed by atoms with Crippen molar-refractivity contribution in [2.45, 2.75) is 25.3 Å². The molecule has 0 bridgehead atoms. The first-order valence-electron chi connectivity index (χ1n) is 8.93. The molecular weight excluding hydrogens is 328 g/mol. The Labute approximate surface area is 152 Å². The first-order chi connectivity index (χ1) is 12.6. The highest BCUT2D eigenvalue weighted by molar-refractivity contribution is 5.97. The number of para-hydroxylation sites is 2. The number of hydrogen-bond acceptors (Lipinski definition) is 4.